The van der Waals surface area contributed by atoms with Gasteiger partial charge in [0.2, 0.25) is 0 Å². The van der Waals surface area contributed by atoms with E-state index in [2.05, 4.69) is 27.4 Å². The molecule has 23 heavy (non-hydrogen) atoms. The van der Waals surface area contributed by atoms with Crippen molar-refractivity contribution in [3.63, 3.8) is 0 Å². The summed E-state index contributed by atoms with van der Waals surface area (Å²) >= 11 is 0. The molecular weight excluding hydrogens is 539 g/mol. The van der Waals surface area contributed by atoms with Crippen LogP contribution in [0.2, 0.25) is 0 Å². The zero-order valence-electron chi connectivity index (χ0n) is 13.5. The van der Waals surface area contributed by atoms with E-state index in [-0.39, 0.29) is 0 Å². The smallest absolute Gasteiger partial charge is 0.0373 e. The summed E-state index contributed by atoms with van der Waals surface area (Å²) < 4.78 is 9.45. The molecule has 0 N–H and O–H groups in total. The molecule has 0 aliphatic carbocycles. The molecule has 0 amide bonds. The summed E-state index contributed by atoms with van der Waals surface area (Å²) in [5.74, 6) is 0. The summed E-state index contributed by atoms with van der Waals surface area (Å²) in [4.78, 5) is 0. The van der Waals surface area contributed by atoms with E-state index in [1.165, 1.54) is 0 Å². The van der Waals surface area contributed by atoms with Crippen LogP contribution in [0.15, 0.2) is 61.7 Å². The maximum absolute atomic E-state index is 4.73. The van der Waals surface area contributed by atoms with Gasteiger partial charge in [-0.3, -0.25) is 0 Å². The molecule has 0 unspecified atom stereocenters. The van der Waals surface area contributed by atoms with E-state index in [1.54, 1.807) is 0 Å². The second-order valence-electron chi connectivity index (χ2n) is 4.59. The molecule has 2 rings (SSSR count). The molecule has 118 valence electrons. The molecule has 0 radical (unpaired) electrons. The van der Waals surface area contributed by atoms with Gasteiger partial charge in [-0.05, 0) is 22.3 Å². The second kappa shape index (κ2) is 11.5. The van der Waals surface area contributed by atoms with E-state index in [1.807, 2.05) is 60.7 Å². The molecule has 0 aliphatic rings. The van der Waals surface area contributed by atoms with Gasteiger partial charge in [-0.25, -0.2) is 14.2 Å². The van der Waals surface area contributed by atoms with Crippen molar-refractivity contribution in [1.29, 1.82) is 0 Å². The van der Waals surface area contributed by atoms with Crippen molar-refractivity contribution in [3.05, 3.63) is 98.2 Å². The molecule has 0 fully saturated rings. The van der Waals surface area contributed by atoms with Crippen LogP contribution in [-0.2, 0) is 22.7 Å². The van der Waals surface area contributed by atoms with Gasteiger partial charge in [0.25, 0.3) is 0 Å². The first-order valence-corrected chi connectivity index (χ1v) is 6.90. The molecule has 0 aromatic heterocycles. The van der Waals surface area contributed by atoms with Crippen molar-refractivity contribution in [2.24, 2.45) is 0 Å². The standard InChI is InChI=1S/2C10H11O.Rf/c2*1-3-9-4-6-10(7-5-9)8-11-2;/h2*3-7H,1-2,8H2;/q2*-1;. The van der Waals surface area contributed by atoms with Crippen LogP contribution in [0.5, 0.6) is 0 Å². The molecule has 0 aliphatic heterocycles. The Bertz CT molecular complexity index is 506. The van der Waals surface area contributed by atoms with Crippen LogP contribution in [0.1, 0.15) is 22.3 Å². The number of rotatable bonds is 6. The van der Waals surface area contributed by atoms with E-state index in [0.29, 0.717) is 13.2 Å². The third-order valence-electron chi connectivity index (χ3n) is 2.97. The molecule has 2 aromatic rings. The second-order valence-corrected chi connectivity index (χ2v) is 4.59. The van der Waals surface area contributed by atoms with Crippen LogP contribution < -0.4 is 0 Å². The van der Waals surface area contributed by atoms with Gasteiger partial charge in [-0.2, -0.15) is 0 Å². The number of ether oxygens (including phenoxy) is 2. The van der Waals surface area contributed by atoms with Gasteiger partial charge in [-0.15, -0.1) is 0 Å². The maximum Gasteiger partial charge on any atom is 0.0373 e. The fourth-order valence-electron chi connectivity index (χ4n) is 1.74. The van der Waals surface area contributed by atoms with E-state index in [9.17, 15) is 0 Å². The van der Waals surface area contributed by atoms with Gasteiger partial charge < -0.3 is 9.47 Å². The van der Waals surface area contributed by atoms with Gasteiger partial charge in [0, 0.05) is 13.2 Å². The molecule has 0 saturated heterocycles. The van der Waals surface area contributed by atoms with Crippen molar-refractivity contribution < 1.29 is 9.47 Å². The predicted octanol–water partition coefficient (Wildman–Crippen LogP) is 5.28. The van der Waals surface area contributed by atoms with E-state index in [0.717, 1.165) is 22.3 Å². The fraction of sp³-hybridized carbons (Fsp3) is 0.100. The first-order chi connectivity index (χ1) is 10.7. The Kier molecular flexibility index (Phi) is 9.91. The summed E-state index contributed by atoms with van der Waals surface area (Å²) in [6.07, 6.45) is 3.63. The summed E-state index contributed by atoms with van der Waals surface area (Å²) in [6.45, 7) is 8.46. The van der Waals surface area contributed by atoms with Crippen molar-refractivity contribution in [2.45, 2.75) is 13.2 Å². The fourth-order valence-corrected chi connectivity index (χ4v) is 1.74. The van der Waals surface area contributed by atoms with Gasteiger partial charge in [0.1, 0.15) is 0 Å². The molecule has 0 atom stereocenters. The van der Waals surface area contributed by atoms with E-state index in [4.69, 9.17) is 9.47 Å². The van der Waals surface area contributed by atoms with Crippen LogP contribution in [0, 0.1) is 14.2 Å². The van der Waals surface area contributed by atoms with Gasteiger partial charge in [-0.1, -0.05) is 73.8 Å². The Morgan fingerprint density at radius 1 is 0.696 bits per heavy atom. The van der Waals surface area contributed by atoms with Crippen LogP contribution in [0.4, 0.5) is 0 Å². The summed E-state index contributed by atoms with van der Waals surface area (Å²) in [7, 11) is 6.61. The number of hydrogen-bond acceptors (Lipinski definition) is 2. The average Bonchev–Trinajstić information content (AvgIpc) is 2.57. The van der Waals surface area contributed by atoms with Gasteiger partial charge >= 0.3 is 0 Å². The summed E-state index contributed by atoms with van der Waals surface area (Å²) in [5, 5.41) is 0. The Balaban J connectivity index is 0.000000403. The largest absolute Gasteiger partial charge is 0.552 e. The Morgan fingerprint density at radius 2 is 1.00 bits per heavy atom. The van der Waals surface area contributed by atoms with Crippen LogP contribution in [0.25, 0.3) is 12.2 Å². The Hall–Kier alpha value is -3.16. The molecule has 2 aromatic carbocycles. The first kappa shape index (κ1) is 19.8. The third-order valence-corrected chi connectivity index (χ3v) is 2.97. The molecule has 0 bridgehead atoms. The minimum Gasteiger partial charge on any atom is -0.552 e. The number of hydrogen-bond donors (Lipinski definition) is 0. The molecule has 0 saturated carbocycles. The quantitative estimate of drug-likeness (QED) is 0.448. The minimum atomic E-state index is 0. The zero-order chi connectivity index (χ0) is 16.2. The monoisotopic (exact) mass is 561 g/mol. The van der Waals surface area contributed by atoms with Gasteiger partial charge in [0.15, 0.2) is 0 Å². The van der Waals surface area contributed by atoms with Crippen LogP contribution in [-0.4, -0.2) is 0 Å². The summed E-state index contributed by atoms with van der Waals surface area (Å²) in [5.41, 5.74) is 4.51. The average molecular weight is 561 g/mol. The van der Waals surface area contributed by atoms with Gasteiger partial charge in [0.05, 0.1) is 0 Å². The van der Waals surface area contributed by atoms with Crippen molar-refractivity contribution in [1.82, 2.24) is 0 Å². The topological polar surface area (TPSA) is 18.5 Å². The SMILES string of the molecule is C=Cc1ccc(CO[CH2-])cc1.C=Cc1ccc(CO[CH2-])cc1.[Rf]. The van der Waals surface area contributed by atoms with Crippen molar-refractivity contribution in [2.75, 3.05) is 0 Å². The van der Waals surface area contributed by atoms with E-state index >= 15 is 0 Å². The summed E-state index contributed by atoms with van der Waals surface area (Å²) in [6, 6.07) is 16.0. The first-order valence-electron chi connectivity index (χ1n) is 6.90. The Morgan fingerprint density at radius 3 is 1.22 bits per heavy atom. The molecule has 3 heteroatoms. The number of benzene rings is 2. The zero-order valence-corrected chi connectivity index (χ0v) is 19.9. The predicted molar refractivity (Wildman–Crippen MR) is 93.4 cm³/mol. The molecule has 0 spiro atoms. The molecular formula is C20H22O2Rf-2. The Labute approximate surface area is 133 Å². The van der Waals surface area contributed by atoms with Crippen LogP contribution in [0.3, 0.4) is 0 Å². The maximum atomic E-state index is 4.73. The van der Waals surface area contributed by atoms with Crippen LogP contribution >= 0.6 is 0 Å². The minimum absolute atomic E-state index is 0. The molecule has 0 heterocycles. The normalized spacial score (nSPS) is 9.13. The van der Waals surface area contributed by atoms with Crippen molar-refractivity contribution >= 4 is 12.2 Å². The van der Waals surface area contributed by atoms with Crippen molar-refractivity contribution in [3.8, 4) is 0 Å². The molecule has 2 nitrogen and oxygen atoms in total. The van der Waals surface area contributed by atoms with E-state index < -0.39 is 0 Å². The third kappa shape index (κ3) is 7.42.